The summed E-state index contributed by atoms with van der Waals surface area (Å²) < 4.78 is 10.4. The molecular formula is C12H20O4. The summed E-state index contributed by atoms with van der Waals surface area (Å²) in [5, 5.41) is 9.53. The van der Waals surface area contributed by atoms with Crippen molar-refractivity contribution in [2.75, 3.05) is 6.61 Å². The molecule has 2 rings (SSSR count). The highest BCUT2D eigenvalue weighted by Gasteiger charge is 2.50. The van der Waals surface area contributed by atoms with E-state index in [-0.39, 0.29) is 17.5 Å². The molecule has 1 N–H and O–H groups in total. The minimum Gasteiger partial charge on any atom is -0.466 e. The van der Waals surface area contributed by atoms with Gasteiger partial charge in [0.1, 0.15) is 0 Å². The van der Waals surface area contributed by atoms with Gasteiger partial charge in [0.05, 0.1) is 12.7 Å². The Hall–Kier alpha value is -0.610. The summed E-state index contributed by atoms with van der Waals surface area (Å²) in [6.07, 6.45) is 4.64. The fourth-order valence-corrected chi connectivity index (χ4v) is 3.11. The van der Waals surface area contributed by atoms with Crippen LogP contribution in [0.1, 0.15) is 45.4 Å². The third kappa shape index (κ3) is 2.23. The molecular weight excluding hydrogens is 208 g/mol. The Labute approximate surface area is 95.9 Å². The van der Waals surface area contributed by atoms with Crippen molar-refractivity contribution in [3.05, 3.63) is 0 Å². The van der Waals surface area contributed by atoms with Crippen molar-refractivity contribution in [3.63, 3.8) is 0 Å². The smallest absolute Gasteiger partial charge is 0.305 e. The second kappa shape index (κ2) is 4.72. The monoisotopic (exact) mass is 228 g/mol. The normalized spacial score (nSPS) is 37.4. The molecule has 2 fully saturated rings. The van der Waals surface area contributed by atoms with Crippen LogP contribution in [0.3, 0.4) is 0 Å². The topological polar surface area (TPSA) is 55.8 Å². The standard InChI is InChI=1S/C12H20O4/c1-2-15-10(13)5-7-12-6-3-4-9(12)16-11(14)8-12/h9,11,14H,2-8H2,1H3/t9-,11?,12+/m0/s1. The highest BCUT2D eigenvalue weighted by atomic mass is 16.6. The largest absolute Gasteiger partial charge is 0.466 e. The zero-order valence-corrected chi connectivity index (χ0v) is 9.78. The van der Waals surface area contributed by atoms with E-state index < -0.39 is 6.29 Å². The average Bonchev–Trinajstić information content (AvgIpc) is 2.71. The van der Waals surface area contributed by atoms with Crippen LogP contribution in [-0.2, 0) is 14.3 Å². The van der Waals surface area contributed by atoms with Crippen molar-refractivity contribution in [1.29, 1.82) is 0 Å². The molecule has 0 aromatic heterocycles. The Morgan fingerprint density at radius 1 is 1.62 bits per heavy atom. The lowest BCUT2D eigenvalue weighted by Gasteiger charge is -2.26. The van der Waals surface area contributed by atoms with Gasteiger partial charge in [-0.3, -0.25) is 4.79 Å². The Morgan fingerprint density at radius 2 is 2.44 bits per heavy atom. The fourth-order valence-electron chi connectivity index (χ4n) is 3.11. The number of aliphatic hydroxyl groups is 1. The first-order valence-corrected chi connectivity index (χ1v) is 6.15. The van der Waals surface area contributed by atoms with E-state index in [1.165, 1.54) is 0 Å². The zero-order valence-electron chi connectivity index (χ0n) is 9.78. The molecule has 92 valence electrons. The van der Waals surface area contributed by atoms with Gasteiger partial charge in [0, 0.05) is 18.3 Å². The second-order valence-corrected chi connectivity index (χ2v) is 4.84. The minimum atomic E-state index is -0.632. The van der Waals surface area contributed by atoms with E-state index in [0.717, 1.165) is 25.7 Å². The van der Waals surface area contributed by atoms with Crippen LogP contribution in [0, 0.1) is 5.41 Å². The van der Waals surface area contributed by atoms with Gasteiger partial charge in [0.15, 0.2) is 6.29 Å². The molecule has 2 aliphatic rings. The molecule has 0 bridgehead atoms. The number of ether oxygens (including phenoxy) is 2. The Bertz CT molecular complexity index is 266. The predicted molar refractivity (Wildman–Crippen MR) is 57.6 cm³/mol. The third-order valence-corrected chi connectivity index (χ3v) is 3.86. The van der Waals surface area contributed by atoms with Gasteiger partial charge in [-0.15, -0.1) is 0 Å². The Morgan fingerprint density at radius 3 is 3.19 bits per heavy atom. The van der Waals surface area contributed by atoms with Crippen molar-refractivity contribution >= 4 is 5.97 Å². The number of hydrogen-bond donors (Lipinski definition) is 1. The molecule has 0 aromatic rings. The summed E-state index contributed by atoms with van der Waals surface area (Å²) in [6, 6.07) is 0. The first-order valence-electron chi connectivity index (χ1n) is 6.15. The van der Waals surface area contributed by atoms with Crippen LogP contribution >= 0.6 is 0 Å². The first kappa shape index (κ1) is 11.9. The Balaban J connectivity index is 1.89. The number of esters is 1. The molecule has 1 heterocycles. The molecule has 1 aliphatic heterocycles. The van der Waals surface area contributed by atoms with Gasteiger partial charge in [-0.1, -0.05) is 6.42 Å². The first-order chi connectivity index (χ1) is 7.66. The summed E-state index contributed by atoms with van der Waals surface area (Å²) in [5.41, 5.74) is 0.0339. The van der Waals surface area contributed by atoms with Crippen LogP contribution in [0.25, 0.3) is 0 Å². The van der Waals surface area contributed by atoms with Crippen molar-refractivity contribution < 1.29 is 19.4 Å². The minimum absolute atomic E-state index is 0.0339. The maximum Gasteiger partial charge on any atom is 0.305 e. The van der Waals surface area contributed by atoms with E-state index >= 15 is 0 Å². The van der Waals surface area contributed by atoms with Crippen molar-refractivity contribution in [2.24, 2.45) is 5.41 Å². The van der Waals surface area contributed by atoms with Gasteiger partial charge in [-0.05, 0) is 26.2 Å². The van der Waals surface area contributed by atoms with E-state index in [0.29, 0.717) is 19.4 Å². The fraction of sp³-hybridized carbons (Fsp3) is 0.917. The van der Waals surface area contributed by atoms with Gasteiger partial charge in [-0.25, -0.2) is 0 Å². The van der Waals surface area contributed by atoms with E-state index in [4.69, 9.17) is 9.47 Å². The molecule has 1 saturated heterocycles. The van der Waals surface area contributed by atoms with Crippen LogP contribution < -0.4 is 0 Å². The van der Waals surface area contributed by atoms with Crippen LogP contribution in [0.4, 0.5) is 0 Å². The quantitative estimate of drug-likeness (QED) is 0.743. The Kier molecular flexibility index (Phi) is 3.50. The molecule has 0 radical (unpaired) electrons. The van der Waals surface area contributed by atoms with Gasteiger partial charge < -0.3 is 14.6 Å². The van der Waals surface area contributed by atoms with Gasteiger partial charge in [-0.2, -0.15) is 0 Å². The number of carbonyl (C=O) groups is 1. The zero-order chi connectivity index (χ0) is 11.6. The third-order valence-electron chi connectivity index (χ3n) is 3.86. The van der Waals surface area contributed by atoms with Crippen LogP contribution in [-0.4, -0.2) is 30.1 Å². The SMILES string of the molecule is CCOC(=O)CC[C@@]12CCC[C@@H]1OC(O)C2. The molecule has 1 aliphatic carbocycles. The lowest BCUT2D eigenvalue weighted by atomic mass is 9.78. The maximum absolute atomic E-state index is 11.3. The second-order valence-electron chi connectivity index (χ2n) is 4.84. The van der Waals surface area contributed by atoms with Gasteiger partial charge in [0.2, 0.25) is 0 Å². The number of aliphatic hydroxyl groups excluding tert-OH is 1. The highest BCUT2D eigenvalue weighted by Crippen LogP contribution is 2.52. The molecule has 0 amide bonds. The molecule has 4 heteroatoms. The van der Waals surface area contributed by atoms with Crippen LogP contribution in [0.5, 0.6) is 0 Å². The number of rotatable bonds is 4. The predicted octanol–water partition coefficient (Wildman–Crippen LogP) is 1.61. The summed E-state index contributed by atoms with van der Waals surface area (Å²) >= 11 is 0. The molecule has 1 saturated carbocycles. The lowest BCUT2D eigenvalue weighted by molar-refractivity contribution is -0.144. The van der Waals surface area contributed by atoms with Crippen molar-refractivity contribution in [1.82, 2.24) is 0 Å². The highest BCUT2D eigenvalue weighted by molar-refractivity contribution is 5.69. The molecule has 4 nitrogen and oxygen atoms in total. The van der Waals surface area contributed by atoms with E-state index in [1.807, 2.05) is 6.92 Å². The molecule has 16 heavy (non-hydrogen) atoms. The van der Waals surface area contributed by atoms with Gasteiger partial charge in [0.25, 0.3) is 0 Å². The summed E-state index contributed by atoms with van der Waals surface area (Å²) in [4.78, 5) is 11.3. The number of fused-ring (bicyclic) bond motifs is 1. The summed E-state index contributed by atoms with van der Waals surface area (Å²) in [7, 11) is 0. The molecule has 1 unspecified atom stereocenters. The summed E-state index contributed by atoms with van der Waals surface area (Å²) in [5.74, 6) is -0.135. The maximum atomic E-state index is 11.3. The van der Waals surface area contributed by atoms with Crippen LogP contribution in [0.2, 0.25) is 0 Å². The van der Waals surface area contributed by atoms with Crippen molar-refractivity contribution in [2.45, 2.75) is 57.8 Å². The lowest BCUT2D eigenvalue weighted by Crippen LogP contribution is -2.26. The molecule has 0 spiro atoms. The number of hydrogen-bond acceptors (Lipinski definition) is 4. The van der Waals surface area contributed by atoms with E-state index in [1.54, 1.807) is 0 Å². The van der Waals surface area contributed by atoms with Crippen LogP contribution in [0.15, 0.2) is 0 Å². The number of carbonyl (C=O) groups excluding carboxylic acids is 1. The average molecular weight is 228 g/mol. The van der Waals surface area contributed by atoms with Gasteiger partial charge >= 0.3 is 5.97 Å². The molecule has 3 atom stereocenters. The summed E-state index contributed by atoms with van der Waals surface area (Å²) in [6.45, 7) is 2.26. The van der Waals surface area contributed by atoms with Crippen molar-refractivity contribution in [3.8, 4) is 0 Å². The molecule has 0 aromatic carbocycles. The van der Waals surface area contributed by atoms with E-state index in [9.17, 15) is 9.90 Å². The van der Waals surface area contributed by atoms with E-state index in [2.05, 4.69) is 0 Å².